The maximum Gasteiger partial charge on any atom is 0.307 e. The van der Waals surface area contributed by atoms with E-state index in [1.54, 1.807) is 10.9 Å². The van der Waals surface area contributed by atoms with Crippen molar-refractivity contribution in [2.24, 2.45) is 0 Å². The minimum absolute atomic E-state index is 0.0145. The van der Waals surface area contributed by atoms with Crippen molar-refractivity contribution in [2.75, 3.05) is 0 Å². The fraction of sp³-hybridized carbons (Fsp3) is 0.429. The number of aliphatic carboxylic acids is 1. The summed E-state index contributed by atoms with van der Waals surface area (Å²) in [5, 5.41) is 12.5. The number of nitrogens with zero attached hydrogens (tertiary/aromatic N) is 2. The van der Waals surface area contributed by atoms with E-state index in [1.807, 2.05) is 6.92 Å². The van der Waals surface area contributed by atoms with Crippen LogP contribution in [-0.2, 0) is 17.8 Å². The lowest BCUT2D eigenvalue weighted by atomic mass is 10.3. The van der Waals surface area contributed by atoms with Crippen LogP contribution in [0.4, 0.5) is 0 Å². The molecule has 12 heavy (non-hydrogen) atoms. The summed E-state index contributed by atoms with van der Waals surface area (Å²) in [6.45, 7) is 2.68. The van der Waals surface area contributed by atoms with Gasteiger partial charge in [0.1, 0.15) is 4.60 Å². The number of halogens is 1. The minimum Gasteiger partial charge on any atom is -0.481 e. The normalized spacial score (nSPS) is 10.2. The van der Waals surface area contributed by atoms with E-state index >= 15 is 0 Å². The van der Waals surface area contributed by atoms with Crippen molar-refractivity contribution < 1.29 is 9.90 Å². The second kappa shape index (κ2) is 3.71. The predicted octanol–water partition coefficient (Wildman–Crippen LogP) is 1.29. The van der Waals surface area contributed by atoms with Crippen LogP contribution in [0.2, 0.25) is 0 Å². The first kappa shape index (κ1) is 9.25. The third-order valence-corrected chi connectivity index (χ3v) is 2.40. The molecule has 0 bridgehead atoms. The fourth-order valence-corrected chi connectivity index (χ4v) is 1.50. The predicted molar refractivity (Wildman–Crippen MR) is 46.9 cm³/mol. The lowest BCUT2D eigenvalue weighted by Gasteiger charge is -1.97. The van der Waals surface area contributed by atoms with Crippen molar-refractivity contribution in [3.05, 3.63) is 16.4 Å². The second-order valence-electron chi connectivity index (χ2n) is 2.35. The van der Waals surface area contributed by atoms with Gasteiger partial charge in [0.05, 0.1) is 12.6 Å². The molecule has 0 fully saturated rings. The molecule has 0 radical (unpaired) electrons. The van der Waals surface area contributed by atoms with E-state index < -0.39 is 5.97 Å². The summed E-state index contributed by atoms with van der Waals surface area (Å²) in [5.41, 5.74) is 0.712. The van der Waals surface area contributed by atoms with Gasteiger partial charge in [-0.2, -0.15) is 5.10 Å². The van der Waals surface area contributed by atoms with Crippen LogP contribution in [0.15, 0.2) is 10.8 Å². The Morgan fingerprint density at radius 3 is 2.92 bits per heavy atom. The molecule has 1 heterocycles. The molecule has 0 amide bonds. The molecule has 0 saturated carbocycles. The zero-order chi connectivity index (χ0) is 9.14. The van der Waals surface area contributed by atoms with E-state index in [1.165, 1.54) is 0 Å². The number of rotatable bonds is 3. The fourth-order valence-electron chi connectivity index (χ4n) is 0.911. The average Bonchev–Trinajstić information content (AvgIpc) is 2.32. The highest BCUT2D eigenvalue weighted by molar-refractivity contribution is 9.10. The van der Waals surface area contributed by atoms with Gasteiger partial charge in [-0.05, 0) is 22.9 Å². The van der Waals surface area contributed by atoms with Gasteiger partial charge >= 0.3 is 5.97 Å². The summed E-state index contributed by atoms with van der Waals surface area (Å²) in [5.74, 6) is -0.841. The molecular weight excluding hydrogens is 224 g/mol. The maximum absolute atomic E-state index is 10.4. The minimum atomic E-state index is -0.841. The van der Waals surface area contributed by atoms with E-state index in [2.05, 4.69) is 21.0 Å². The van der Waals surface area contributed by atoms with Crippen molar-refractivity contribution >= 4 is 21.9 Å². The Labute approximate surface area is 78.3 Å². The van der Waals surface area contributed by atoms with E-state index in [9.17, 15) is 4.79 Å². The Hall–Kier alpha value is -0.840. The molecular formula is C7H9BrN2O2. The smallest absolute Gasteiger partial charge is 0.307 e. The van der Waals surface area contributed by atoms with Crippen LogP contribution in [0.25, 0.3) is 0 Å². The number of aryl methyl sites for hydroxylation is 1. The van der Waals surface area contributed by atoms with Crippen molar-refractivity contribution in [2.45, 2.75) is 19.9 Å². The Kier molecular flexibility index (Phi) is 2.86. The van der Waals surface area contributed by atoms with E-state index in [0.717, 1.165) is 11.1 Å². The molecule has 0 aromatic carbocycles. The largest absolute Gasteiger partial charge is 0.481 e. The van der Waals surface area contributed by atoms with Gasteiger partial charge in [-0.15, -0.1) is 0 Å². The highest BCUT2D eigenvalue weighted by Gasteiger charge is 2.09. The van der Waals surface area contributed by atoms with E-state index in [4.69, 9.17) is 5.11 Å². The Bertz CT molecular complexity index is 296. The molecule has 0 aliphatic heterocycles. The van der Waals surface area contributed by atoms with Crippen molar-refractivity contribution in [1.82, 2.24) is 9.78 Å². The van der Waals surface area contributed by atoms with Gasteiger partial charge in [0.15, 0.2) is 0 Å². The maximum atomic E-state index is 10.4. The third kappa shape index (κ3) is 1.85. The first-order valence-corrected chi connectivity index (χ1v) is 4.36. The van der Waals surface area contributed by atoms with Gasteiger partial charge in [0.25, 0.3) is 0 Å². The van der Waals surface area contributed by atoms with Crippen LogP contribution >= 0.6 is 15.9 Å². The summed E-state index contributed by atoms with van der Waals surface area (Å²) in [4.78, 5) is 10.4. The average molecular weight is 233 g/mol. The highest BCUT2D eigenvalue weighted by Crippen LogP contribution is 2.16. The van der Waals surface area contributed by atoms with Gasteiger partial charge in [-0.25, -0.2) is 0 Å². The molecule has 4 nitrogen and oxygen atoms in total. The molecule has 0 spiro atoms. The summed E-state index contributed by atoms with van der Waals surface area (Å²) in [6.07, 6.45) is 1.59. The number of hydrogen-bond donors (Lipinski definition) is 1. The number of carbonyl (C=O) groups is 1. The Balaban J connectivity index is 2.87. The van der Waals surface area contributed by atoms with E-state index in [-0.39, 0.29) is 6.42 Å². The van der Waals surface area contributed by atoms with Crippen molar-refractivity contribution in [3.63, 3.8) is 0 Å². The quantitative estimate of drug-likeness (QED) is 0.855. The zero-order valence-electron chi connectivity index (χ0n) is 6.62. The highest BCUT2D eigenvalue weighted by atomic mass is 79.9. The molecule has 0 aliphatic rings. The SMILES string of the molecule is CCn1ncc(CC(=O)O)c1Br. The Morgan fingerprint density at radius 1 is 1.83 bits per heavy atom. The van der Waals surface area contributed by atoms with E-state index in [0.29, 0.717) is 5.56 Å². The summed E-state index contributed by atoms with van der Waals surface area (Å²) in [6, 6.07) is 0. The van der Waals surface area contributed by atoms with Crippen LogP contribution in [0, 0.1) is 0 Å². The molecule has 66 valence electrons. The van der Waals surface area contributed by atoms with Gasteiger partial charge in [-0.1, -0.05) is 0 Å². The zero-order valence-corrected chi connectivity index (χ0v) is 8.21. The van der Waals surface area contributed by atoms with Crippen LogP contribution in [0.1, 0.15) is 12.5 Å². The Morgan fingerprint density at radius 2 is 2.50 bits per heavy atom. The third-order valence-electron chi connectivity index (χ3n) is 1.49. The summed E-state index contributed by atoms with van der Waals surface area (Å²) >= 11 is 3.28. The second-order valence-corrected chi connectivity index (χ2v) is 3.10. The van der Waals surface area contributed by atoms with Crippen molar-refractivity contribution in [1.29, 1.82) is 0 Å². The number of carboxylic acid groups (broad SMARTS) is 1. The van der Waals surface area contributed by atoms with Gasteiger partial charge in [-0.3, -0.25) is 9.48 Å². The molecule has 0 atom stereocenters. The number of aromatic nitrogens is 2. The standard InChI is InChI=1S/C7H9BrN2O2/c1-2-10-7(8)5(4-9-10)3-6(11)12/h4H,2-3H2,1H3,(H,11,12). The van der Waals surface area contributed by atoms with Crippen molar-refractivity contribution in [3.8, 4) is 0 Å². The lowest BCUT2D eigenvalue weighted by Crippen LogP contribution is -2.01. The molecule has 1 N–H and O–H groups in total. The molecule has 1 rings (SSSR count). The van der Waals surface area contributed by atoms with Gasteiger partial charge in [0.2, 0.25) is 0 Å². The van der Waals surface area contributed by atoms with Crippen LogP contribution in [0.3, 0.4) is 0 Å². The van der Waals surface area contributed by atoms with Crippen LogP contribution in [0.5, 0.6) is 0 Å². The van der Waals surface area contributed by atoms with Gasteiger partial charge in [0, 0.05) is 12.1 Å². The van der Waals surface area contributed by atoms with Crippen LogP contribution in [-0.4, -0.2) is 20.9 Å². The number of carboxylic acids is 1. The molecule has 0 saturated heterocycles. The van der Waals surface area contributed by atoms with Gasteiger partial charge < -0.3 is 5.11 Å². The molecule has 0 unspecified atom stereocenters. The molecule has 5 heteroatoms. The monoisotopic (exact) mass is 232 g/mol. The molecule has 1 aromatic rings. The first-order valence-electron chi connectivity index (χ1n) is 3.57. The summed E-state index contributed by atoms with van der Waals surface area (Å²) in [7, 11) is 0. The summed E-state index contributed by atoms with van der Waals surface area (Å²) < 4.78 is 2.46. The first-order chi connectivity index (χ1) is 5.65. The molecule has 1 aromatic heterocycles. The molecule has 0 aliphatic carbocycles. The topological polar surface area (TPSA) is 55.1 Å². The lowest BCUT2D eigenvalue weighted by molar-refractivity contribution is -0.136. The van der Waals surface area contributed by atoms with Crippen LogP contribution < -0.4 is 0 Å². The number of hydrogen-bond acceptors (Lipinski definition) is 2.